The van der Waals surface area contributed by atoms with Gasteiger partial charge in [-0.1, -0.05) is 37.2 Å². The maximum Gasteiger partial charge on any atom is 0.243 e. The zero-order valence-electron chi connectivity index (χ0n) is 14.5. The van der Waals surface area contributed by atoms with E-state index in [9.17, 15) is 20.1 Å². The molecule has 1 aromatic rings. The molecular weight excluding hydrogens is 386 g/mol. The highest BCUT2D eigenvalue weighted by Gasteiger charge is 2.44. The van der Waals surface area contributed by atoms with E-state index in [4.69, 9.17) is 16.9 Å². The lowest BCUT2D eigenvalue weighted by atomic mass is 9.72. The van der Waals surface area contributed by atoms with Crippen molar-refractivity contribution in [1.82, 2.24) is 5.32 Å². The Balaban J connectivity index is 2.12. The average molecular weight is 400 g/mol. The molecule has 136 valence electrons. The number of hydrogen-bond donors (Lipinski definition) is 2. The predicted octanol–water partition coefficient (Wildman–Crippen LogP) is 2.91. The fourth-order valence-corrected chi connectivity index (χ4v) is 3.75. The van der Waals surface area contributed by atoms with Gasteiger partial charge in [0.2, 0.25) is 11.8 Å². The van der Waals surface area contributed by atoms with Gasteiger partial charge in [-0.3, -0.25) is 9.59 Å². The van der Waals surface area contributed by atoms with Crippen molar-refractivity contribution in [1.29, 1.82) is 15.8 Å². The van der Waals surface area contributed by atoms with Gasteiger partial charge in [0.25, 0.3) is 0 Å². The number of hydrogen-bond acceptors (Lipinski definition) is 6. The second-order valence-electron chi connectivity index (χ2n) is 6.23. The molecule has 9 heteroatoms. The molecule has 2 N–H and O–H groups in total. The van der Waals surface area contributed by atoms with E-state index in [1.54, 1.807) is 19.9 Å². The molecule has 2 rings (SSSR count). The minimum absolute atomic E-state index is 0.0638. The van der Waals surface area contributed by atoms with Crippen LogP contribution in [0.5, 0.6) is 0 Å². The number of benzene rings is 1. The molecular formula is C18H14ClN5O2S. The summed E-state index contributed by atoms with van der Waals surface area (Å²) >= 11 is 6.93. The van der Waals surface area contributed by atoms with Crippen molar-refractivity contribution >= 4 is 40.9 Å². The first-order valence-corrected chi connectivity index (χ1v) is 9.08. The van der Waals surface area contributed by atoms with Gasteiger partial charge in [0.1, 0.15) is 12.0 Å². The molecule has 0 saturated heterocycles. The van der Waals surface area contributed by atoms with E-state index in [1.165, 1.54) is 12.1 Å². The third kappa shape index (κ3) is 4.23. The Bertz CT molecular complexity index is 965. The summed E-state index contributed by atoms with van der Waals surface area (Å²) in [7, 11) is 0. The Labute approximate surface area is 165 Å². The summed E-state index contributed by atoms with van der Waals surface area (Å²) in [5.74, 6) is -1.92. The fourth-order valence-electron chi connectivity index (χ4n) is 2.55. The van der Waals surface area contributed by atoms with E-state index >= 15 is 0 Å². The first-order valence-electron chi connectivity index (χ1n) is 7.72. The average Bonchev–Trinajstić information content (AvgIpc) is 2.59. The van der Waals surface area contributed by atoms with Crippen LogP contribution in [0.15, 0.2) is 28.8 Å². The fraction of sp³-hybridized carbons (Fsp3) is 0.278. The number of carbonyl (C=O) groups is 2. The lowest BCUT2D eigenvalue weighted by Gasteiger charge is -2.34. The lowest BCUT2D eigenvalue weighted by molar-refractivity contribution is -0.125. The van der Waals surface area contributed by atoms with Crippen molar-refractivity contribution in [2.45, 2.75) is 13.8 Å². The van der Waals surface area contributed by atoms with E-state index in [0.717, 1.165) is 11.8 Å². The van der Waals surface area contributed by atoms with Crippen LogP contribution in [0.3, 0.4) is 0 Å². The minimum atomic E-state index is -0.980. The molecule has 1 heterocycles. The summed E-state index contributed by atoms with van der Waals surface area (Å²) in [5.41, 5.74) is 0.0298. The summed E-state index contributed by atoms with van der Waals surface area (Å²) in [4.78, 5) is 24.3. The van der Waals surface area contributed by atoms with Gasteiger partial charge in [-0.2, -0.15) is 15.8 Å². The van der Waals surface area contributed by atoms with Crippen molar-refractivity contribution in [2.24, 2.45) is 11.3 Å². The van der Waals surface area contributed by atoms with Gasteiger partial charge in [0.05, 0.1) is 39.1 Å². The van der Waals surface area contributed by atoms with Gasteiger partial charge in [-0.15, -0.1) is 0 Å². The number of amides is 2. The van der Waals surface area contributed by atoms with Crippen LogP contribution in [-0.2, 0) is 9.59 Å². The zero-order chi connectivity index (χ0) is 20.2. The maximum absolute atomic E-state index is 12.2. The number of nitrogens with zero attached hydrogens (tertiary/aromatic N) is 3. The van der Waals surface area contributed by atoms with Crippen molar-refractivity contribution in [3.8, 4) is 18.2 Å². The quantitative estimate of drug-likeness (QED) is 0.800. The third-order valence-corrected chi connectivity index (χ3v) is 5.37. The molecule has 0 spiro atoms. The SMILES string of the molecule is CC1(C)C(C#N)=C(SCC(=O)Nc2ccc(C#N)c(Cl)c2)NC(=O)[C@@H]1C#N. The molecule has 0 unspecified atom stereocenters. The molecule has 1 aliphatic rings. The van der Waals surface area contributed by atoms with E-state index in [0.29, 0.717) is 11.3 Å². The molecule has 0 aliphatic carbocycles. The van der Waals surface area contributed by atoms with Crippen LogP contribution in [0.1, 0.15) is 19.4 Å². The summed E-state index contributed by atoms with van der Waals surface area (Å²) in [6.07, 6.45) is 0. The Morgan fingerprint density at radius 3 is 2.59 bits per heavy atom. The number of anilines is 1. The summed E-state index contributed by atoms with van der Waals surface area (Å²) in [6.45, 7) is 3.30. The first kappa shape index (κ1) is 20.3. The standard InChI is InChI=1S/C18H14ClN5O2S/c1-18(2)12(7-21)16(26)24-17(13(18)8-22)27-9-15(25)23-11-4-3-10(6-20)14(19)5-11/h3-5,12H,9H2,1-2H3,(H,23,25)(H,24,26)/t12-/m0/s1. The molecule has 7 nitrogen and oxygen atoms in total. The van der Waals surface area contributed by atoms with E-state index in [2.05, 4.69) is 10.6 Å². The van der Waals surface area contributed by atoms with Crippen LogP contribution >= 0.6 is 23.4 Å². The molecule has 1 aliphatic heterocycles. The topological polar surface area (TPSA) is 130 Å². The predicted molar refractivity (Wildman–Crippen MR) is 101 cm³/mol. The van der Waals surface area contributed by atoms with E-state index < -0.39 is 17.2 Å². The van der Waals surface area contributed by atoms with Gasteiger partial charge in [0, 0.05) is 11.1 Å². The first-order chi connectivity index (χ1) is 12.7. The lowest BCUT2D eigenvalue weighted by Crippen LogP contribution is -2.44. The van der Waals surface area contributed by atoms with E-state index in [1.807, 2.05) is 18.2 Å². The number of rotatable bonds is 4. The van der Waals surface area contributed by atoms with Crippen LogP contribution in [0, 0.1) is 45.3 Å². The highest BCUT2D eigenvalue weighted by Crippen LogP contribution is 2.41. The summed E-state index contributed by atoms with van der Waals surface area (Å²) in [5, 5.41) is 33.2. The van der Waals surface area contributed by atoms with Crippen LogP contribution in [0.4, 0.5) is 5.69 Å². The molecule has 0 fully saturated rings. The van der Waals surface area contributed by atoms with Crippen LogP contribution in [0.2, 0.25) is 5.02 Å². The van der Waals surface area contributed by atoms with Gasteiger partial charge < -0.3 is 10.6 Å². The molecule has 0 bridgehead atoms. The second-order valence-corrected chi connectivity index (χ2v) is 7.63. The van der Waals surface area contributed by atoms with E-state index in [-0.39, 0.29) is 27.3 Å². The summed E-state index contributed by atoms with van der Waals surface area (Å²) in [6, 6.07) is 10.4. The van der Waals surface area contributed by atoms with Crippen LogP contribution < -0.4 is 10.6 Å². The van der Waals surface area contributed by atoms with Gasteiger partial charge >= 0.3 is 0 Å². The molecule has 1 atom stereocenters. The maximum atomic E-state index is 12.2. The Kier molecular flexibility index (Phi) is 6.13. The van der Waals surface area contributed by atoms with Crippen molar-refractivity contribution < 1.29 is 9.59 Å². The number of allylic oxidation sites excluding steroid dienone is 1. The number of halogens is 1. The highest BCUT2D eigenvalue weighted by molar-refractivity contribution is 8.03. The smallest absolute Gasteiger partial charge is 0.243 e. The zero-order valence-corrected chi connectivity index (χ0v) is 16.0. The Morgan fingerprint density at radius 2 is 2.04 bits per heavy atom. The normalized spacial score (nSPS) is 17.9. The molecule has 0 radical (unpaired) electrons. The van der Waals surface area contributed by atoms with Crippen molar-refractivity contribution in [2.75, 3.05) is 11.1 Å². The number of nitriles is 3. The second kappa shape index (κ2) is 8.14. The molecule has 27 heavy (non-hydrogen) atoms. The van der Waals surface area contributed by atoms with Gasteiger partial charge in [-0.05, 0) is 18.2 Å². The van der Waals surface area contributed by atoms with Crippen LogP contribution in [-0.4, -0.2) is 17.6 Å². The van der Waals surface area contributed by atoms with Crippen LogP contribution in [0.25, 0.3) is 0 Å². The van der Waals surface area contributed by atoms with Gasteiger partial charge in [-0.25, -0.2) is 0 Å². The molecule has 0 aromatic heterocycles. The largest absolute Gasteiger partial charge is 0.325 e. The number of thioether (sulfide) groups is 1. The minimum Gasteiger partial charge on any atom is -0.325 e. The summed E-state index contributed by atoms with van der Waals surface area (Å²) < 4.78 is 0. The van der Waals surface area contributed by atoms with Crippen molar-refractivity contribution in [3.63, 3.8) is 0 Å². The number of nitrogens with one attached hydrogen (secondary N) is 2. The molecule has 2 amide bonds. The third-order valence-electron chi connectivity index (χ3n) is 4.05. The Hall–Kier alpha value is -2.99. The monoisotopic (exact) mass is 399 g/mol. The van der Waals surface area contributed by atoms with Crippen molar-refractivity contribution in [3.05, 3.63) is 39.4 Å². The number of carbonyl (C=O) groups excluding carboxylic acids is 2. The Morgan fingerprint density at radius 1 is 1.33 bits per heavy atom. The van der Waals surface area contributed by atoms with Gasteiger partial charge in [0.15, 0.2) is 0 Å². The highest BCUT2D eigenvalue weighted by atomic mass is 35.5. The molecule has 0 saturated carbocycles. The molecule has 1 aromatic carbocycles.